The molecule has 5 amide bonds. The SMILES string of the molecule is CC(C)CC[C@@H](C)[C@H]1CC[C@H]2[C@@H]3CC=C4C[C@H](OC(=O)CNC(=O)[C@@H]5CCCN5C(=O)[C@H](CC(C)C)NC(=O)[C@H](CCC(N)=O)NC(=O)[C@H](C)N)CC[C@]4(C)[C@H]3CC[C@]12C. The van der Waals surface area contributed by atoms with Crippen molar-refractivity contribution >= 4 is 35.5 Å². The molecule has 0 spiro atoms. The Balaban J connectivity index is 1.14. The Kier molecular flexibility index (Phi) is 16.0. The van der Waals surface area contributed by atoms with Crippen LogP contribution in [0.2, 0.25) is 0 Å². The van der Waals surface area contributed by atoms with Crippen LogP contribution in [-0.4, -0.2) is 83.8 Å². The van der Waals surface area contributed by atoms with Gasteiger partial charge in [0.2, 0.25) is 29.5 Å². The molecule has 0 aromatic rings. The molecule has 0 aromatic heterocycles. The molecular weight excluding hydrogens is 761 g/mol. The normalized spacial score (nSPS) is 31.8. The number of nitrogens with one attached hydrogen (secondary N) is 3. The second-order valence-electron chi connectivity index (χ2n) is 20.7. The van der Waals surface area contributed by atoms with Gasteiger partial charge in [0.15, 0.2) is 0 Å². The van der Waals surface area contributed by atoms with Gasteiger partial charge in [0.25, 0.3) is 0 Å². The van der Waals surface area contributed by atoms with Crippen molar-refractivity contribution in [2.24, 2.45) is 63.7 Å². The quantitative estimate of drug-likeness (QED) is 0.0906. The Labute approximate surface area is 359 Å². The second-order valence-corrected chi connectivity index (χ2v) is 20.7. The van der Waals surface area contributed by atoms with Gasteiger partial charge in [-0.3, -0.25) is 28.8 Å². The Hall–Kier alpha value is -3.48. The minimum Gasteiger partial charge on any atom is -0.461 e. The molecule has 60 heavy (non-hydrogen) atoms. The van der Waals surface area contributed by atoms with Crippen LogP contribution >= 0.6 is 0 Å². The van der Waals surface area contributed by atoms with Crippen molar-refractivity contribution < 1.29 is 33.5 Å². The fourth-order valence-corrected chi connectivity index (χ4v) is 12.3. The molecule has 1 saturated heterocycles. The Morgan fingerprint density at radius 1 is 0.850 bits per heavy atom. The lowest BCUT2D eigenvalue weighted by molar-refractivity contribution is -0.152. The second kappa shape index (κ2) is 20.1. The van der Waals surface area contributed by atoms with Gasteiger partial charge in [0.05, 0.1) is 6.04 Å². The van der Waals surface area contributed by atoms with Crippen LogP contribution in [0.15, 0.2) is 11.6 Å². The van der Waals surface area contributed by atoms with Gasteiger partial charge in [0, 0.05) is 19.4 Å². The Morgan fingerprint density at radius 3 is 2.23 bits per heavy atom. The topological polar surface area (TPSA) is 203 Å². The van der Waals surface area contributed by atoms with Crippen molar-refractivity contribution in [2.75, 3.05) is 13.1 Å². The number of allylic oxidation sites excluding steroid dienone is 1. The van der Waals surface area contributed by atoms with Crippen molar-refractivity contribution in [3.63, 3.8) is 0 Å². The first-order valence-electron chi connectivity index (χ1n) is 23.4. The van der Waals surface area contributed by atoms with E-state index in [0.29, 0.717) is 30.7 Å². The molecule has 3 saturated carbocycles. The molecule has 1 aliphatic heterocycles. The van der Waals surface area contributed by atoms with Crippen LogP contribution in [-0.2, 0) is 33.5 Å². The zero-order chi connectivity index (χ0) is 44.1. The summed E-state index contributed by atoms with van der Waals surface area (Å²) < 4.78 is 6.01. The summed E-state index contributed by atoms with van der Waals surface area (Å²) >= 11 is 0. The molecule has 338 valence electrons. The van der Waals surface area contributed by atoms with Gasteiger partial charge < -0.3 is 37.1 Å². The summed E-state index contributed by atoms with van der Waals surface area (Å²) in [5.41, 5.74) is 13.0. The highest BCUT2D eigenvalue weighted by Gasteiger charge is 2.59. The highest BCUT2D eigenvalue weighted by Crippen LogP contribution is 2.67. The van der Waals surface area contributed by atoms with Crippen LogP contribution in [0.3, 0.4) is 0 Å². The van der Waals surface area contributed by atoms with E-state index in [9.17, 15) is 28.8 Å². The number of amides is 5. The number of carbonyl (C=O) groups excluding carboxylic acids is 6. The van der Waals surface area contributed by atoms with E-state index in [-0.39, 0.29) is 43.2 Å². The molecule has 7 N–H and O–H groups in total. The summed E-state index contributed by atoms with van der Waals surface area (Å²) in [5, 5.41) is 8.04. The maximum absolute atomic E-state index is 14.0. The van der Waals surface area contributed by atoms with Crippen LogP contribution in [0.1, 0.15) is 152 Å². The molecule has 0 unspecified atom stereocenters. The van der Waals surface area contributed by atoms with Gasteiger partial charge in [-0.05, 0) is 130 Å². The van der Waals surface area contributed by atoms with Gasteiger partial charge in [-0.15, -0.1) is 0 Å². The number of nitrogens with zero attached hydrogens (tertiary/aromatic N) is 1. The molecule has 13 nitrogen and oxygen atoms in total. The number of rotatable bonds is 18. The van der Waals surface area contributed by atoms with Gasteiger partial charge in [0.1, 0.15) is 30.8 Å². The minimum atomic E-state index is -1.14. The zero-order valence-corrected chi connectivity index (χ0v) is 38.0. The Morgan fingerprint density at radius 2 is 1.57 bits per heavy atom. The van der Waals surface area contributed by atoms with Crippen LogP contribution < -0.4 is 27.4 Å². The largest absolute Gasteiger partial charge is 0.461 e. The Bertz CT molecular complexity index is 1610. The highest BCUT2D eigenvalue weighted by atomic mass is 16.5. The first-order chi connectivity index (χ1) is 28.2. The number of ether oxygens (including phenoxy) is 1. The number of carbonyl (C=O) groups is 6. The van der Waals surface area contributed by atoms with E-state index < -0.39 is 59.7 Å². The van der Waals surface area contributed by atoms with E-state index in [1.807, 2.05) is 13.8 Å². The molecular formula is C47H78N6O7. The standard InChI is InChI=1S/C47H78N6O7/c1-27(2)11-12-29(5)34-15-16-35-33-14-13-31-25-32(19-21-46(31,7)36(33)20-22-47(34,35)8)60-41(55)26-50-44(58)39-10-9-23-53(39)45(59)38(24-28(3)4)52-43(57)37(17-18-40(49)54)51-42(56)30(6)48/h13,27-30,32-39H,9-12,14-26,48H2,1-8H3,(H2,49,54)(H,50,58)(H,51,56)(H,52,57)/t29-,30+,32-,33+,34-,35+,36+,37+,38+,39+,46+,47-/m1/s1. The molecule has 12 atom stereocenters. The fraction of sp³-hybridized carbons (Fsp3) is 0.830. The van der Waals surface area contributed by atoms with E-state index in [1.54, 1.807) is 0 Å². The molecule has 4 fully saturated rings. The van der Waals surface area contributed by atoms with E-state index >= 15 is 0 Å². The number of esters is 1. The number of fused-ring (bicyclic) bond motifs is 5. The van der Waals surface area contributed by atoms with Gasteiger partial charge in [-0.2, -0.15) is 0 Å². The highest BCUT2D eigenvalue weighted by molar-refractivity contribution is 5.95. The molecule has 1 heterocycles. The van der Waals surface area contributed by atoms with E-state index in [1.165, 1.54) is 55.9 Å². The van der Waals surface area contributed by atoms with E-state index in [2.05, 4.69) is 56.6 Å². The summed E-state index contributed by atoms with van der Waals surface area (Å²) in [4.78, 5) is 79.5. The number of primary amides is 1. The third kappa shape index (κ3) is 10.9. The van der Waals surface area contributed by atoms with Crippen LogP contribution in [0, 0.1) is 52.3 Å². The summed E-state index contributed by atoms with van der Waals surface area (Å²) in [6.45, 7) is 17.6. The number of hydrogen-bond donors (Lipinski definition) is 5. The average Bonchev–Trinajstić information content (AvgIpc) is 3.82. The lowest BCUT2D eigenvalue weighted by atomic mass is 9.47. The molecule has 0 aromatic carbocycles. The minimum absolute atomic E-state index is 0.00166. The maximum Gasteiger partial charge on any atom is 0.325 e. The first kappa shape index (κ1) is 47.6. The zero-order valence-electron chi connectivity index (χ0n) is 38.0. The van der Waals surface area contributed by atoms with Crippen LogP contribution in [0.25, 0.3) is 0 Å². The van der Waals surface area contributed by atoms with E-state index in [0.717, 1.165) is 55.3 Å². The van der Waals surface area contributed by atoms with Crippen molar-refractivity contribution in [2.45, 2.75) is 182 Å². The smallest absolute Gasteiger partial charge is 0.325 e. The fourth-order valence-electron chi connectivity index (χ4n) is 12.3. The van der Waals surface area contributed by atoms with Crippen molar-refractivity contribution in [1.82, 2.24) is 20.9 Å². The van der Waals surface area contributed by atoms with E-state index in [4.69, 9.17) is 16.2 Å². The van der Waals surface area contributed by atoms with Crippen molar-refractivity contribution in [3.05, 3.63) is 11.6 Å². The number of likely N-dealkylation sites (tertiary alicyclic amines) is 1. The molecule has 5 rings (SSSR count). The monoisotopic (exact) mass is 839 g/mol. The third-order valence-corrected chi connectivity index (χ3v) is 15.6. The maximum atomic E-state index is 14.0. The number of nitrogens with two attached hydrogens (primary N) is 2. The summed E-state index contributed by atoms with van der Waals surface area (Å²) in [6.07, 6.45) is 15.0. The van der Waals surface area contributed by atoms with Gasteiger partial charge in [-0.25, -0.2) is 0 Å². The van der Waals surface area contributed by atoms with Crippen LogP contribution in [0.5, 0.6) is 0 Å². The number of hydrogen-bond acceptors (Lipinski definition) is 8. The van der Waals surface area contributed by atoms with Crippen molar-refractivity contribution in [3.8, 4) is 0 Å². The molecule has 0 bridgehead atoms. The lowest BCUT2D eigenvalue weighted by Crippen LogP contribution is -2.58. The summed E-state index contributed by atoms with van der Waals surface area (Å²) in [7, 11) is 0. The lowest BCUT2D eigenvalue weighted by Gasteiger charge is -2.58. The molecule has 0 radical (unpaired) electrons. The summed E-state index contributed by atoms with van der Waals surface area (Å²) in [6, 6.07) is -3.84. The molecule has 4 aliphatic carbocycles. The average molecular weight is 839 g/mol. The van der Waals surface area contributed by atoms with Gasteiger partial charge in [-0.1, -0.05) is 73.0 Å². The molecule has 13 heteroatoms. The van der Waals surface area contributed by atoms with Crippen molar-refractivity contribution in [1.29, 1.82) is 0 Å². The molecule has 5 aliphatic rings. The predicted octanol–water partition coefficient (Wildman–Crippen LogP) is 5.29. The third-order valence-electron chi connectivity index (χ3n) is 15.6. The first-order valence-corrected chi connectivity index (χ1v) is 23.4. The predicted molar refractivity (Wildman–Crippen MR) is 231 cm³/mol. The van der Waals surface area contributed by atoms with Gasteiger partial charge >= 0.3 is 5.97 Å². The van der Waals surface area contributed by atoms with Crippen LogP contribution in [0.4, 0.5) is 0 Å². The summed E-state index contributed by atoms with van der Waals surface area (Å²) in [5.74, 6) is 1.32.